The monoisotopic (exact) mass is 421 g/mol. The average molecular weight is 422 g/mol. The molecule has 0 bridgehead atoms. The molecule has 2 atom stereocenters. The minimum Gasteiger partial charge on any atom is -0.467 e. The van der Waals surface area contributed by atoms with E-state index in [9.17, 15) is 9.59 Å². The third-order valence-electron chi connectivity index (χ3n) is 4.82. The van der Waals surface area contributed by atoms with Gasteiger partial charge in [-0.2, -0.15) is 0 Å². The van der Waals surface area contributed by atoms with Crippen molar-refractivity contribution in [1.29, 1.82) is 0 Å². The van der Waals surface area contributed by atoms with Crippen molar-refractivity contribution in [3.8, 4) is 0 Å². The summed E-state index contributed by atoms with van der Waals surface area (Å²) in [5, 5.41) is 2.36. The van der Waals surface area contributed by atoms with Crippen LogP contribution in [-0.2, 0) is 20.9 Å². The van der Waals surface area contributed by atoms with Crippen LogP contribution in [0, 0.1) is 0 Å². The van der Waals surface area contributed by atoms with Gasteiger partial charge in [-0.05, 0) is 29.7 Å². The average Bonchev–Trinajstić information content (AvgIpc) is 2.67. The van der Waals surface area contributed by atoms with Gasteiger partial charge in [-0.15, -0.1) is 0 Å². The standard InChI is InChI=1S/C20H21Cl2N3O3/c1-11(26)24-25-17-8-14(21)7-16(22)19(17)15(9-18(25)20(27)28-2)13-5-3-12(10-23)4-6-13/h3-8,15,18H,9-10,23H2,1-2H3,(H,24,26)/t15-,18-/m1/s1. The predicted octanol–water partition coefficient (Wildman–Crippen LogP) is 3.39. The number of hydrogen-bond donors (Lipinski definition) is 2. The highest BCUT2D eigenvalue weighted by molar-refractivity contribution is 6.35. The number of esters is 1. The van der Waals surface area contributed by atoms with Crippen LogP contribution < -0.4 is 16.2 Å². The van der Waals surface area contributed by atoms with Crippen molar-refractivity contribution in [3.05, 3.63) is 63.1 Å². The summed E-state index contributed by atoms with van der Waals surface area (Å²) < 4.78 is 4.98. The van der Waals surface area contributed by atoms with Crippen molar-refractivity contribution in [2.45, 2.75) is 31.8 Å². The van der Waals surface area contributed by atoms with E-state index >= 15 is 0 Å². The molecular formula is C20H21Cl2N3O3. The first-order valence-electron chi connectivity index (χ1n) is 8.77. The number of amides is 1. The van der Waals surface area contributed by atoms with E-state index in [1.165, 1.54) is 19.0 Å². The summed E-state index contributed by atoms with van der Waals surface area (Å²) in [6, 6.07) is 10.5. The second-order valence-corrected chi connectivity index (χ2v) is 7.47. The number of rotatable bonds is 4. The smallest absolute Gasteiger partial charge is 0.330 e. The van der Waals surface area contributed by atoms with Crippen molar-refractivity contribution in [2.75, 3.05) is 12.1 Å². The number of nitrogens with two attached hydrogens (primary N) is 1. The number of ether oxygens (including phenoxy) is 1. The third-order valence-corrected chi connectivity index (χ3v) is 5.35. The quantitative estimate of drug-likeness (QED) is 0.738. The minimum absolute atomic E-state index is 0.180. The van der Waals surface area contributed by atoms with Crippen molar-refractivity contribution >= 4 is 40.8 Å². The Labute approximate surface area is 173 Å². The van der Waals surface area contributed by atoms with E-state index in [2.05, 4.69) is 5.43 Å². The molecular weight excluding hydrogens is 401 g/mol. The van der Waals surface area contributed by atoms with Gasteiger partial charge in [0.15, 0.2) is 0 Å². The summed E-state index contributed by atoms with van der Waals surface area (Å²) in [5.41, 5.74) is 11.8. The molecule has 2 aromatic carbocycles. The molecule has 28 heavy (non-hydrogen) atoms. The zero-order valence-electron chi connectivity index (χ0n) is 15.5. The van der Waals surface area contributed by atoms with Crippen molar-refractivity contribution < 1.29 is 14.3 Å². The molecule has 3 N–H and O–H groups in total. The Bertz CT molecular complexity index is 902. The van der Waals surface area contributed by atoms with Gasteiger partial charge in [-0.1, -0.05) is 47.5 Å². The van der Waals surface area contributed by atoms with E-state index in [4.69, 9.17) is 33.7 Å². The number of hydrazine groups is 1. The molecule has 0 fully saturated rings. The molecule has 1 aliphatic heterocycles. The Morgan fingerprint density at radius 1 is 1.25 bits per heavy atom. The summed E-state index contributed by atoms with van der Waals surface area (Å²) in [7, 11) is 1.32. The highest BCUT2D eigenvalue weighted by atomic mass is 35.5. The molecule has 1 amide bonds. The molecule has 0 radical (unpaired) electrons. The molecule has 0 unspecified atom stereocenters. The maximum Gasteiger partial charge on any atom is 0.330 e. The number of halogens is 2. The number of nitrogens with zero attached hydrogens (tertiary/aromatic N) is 1. The number of methoxy groups -OCH3 is 1. The number of benzene rings is 2. The summed E-state index contributed by atoms with van der Waals surface area (Å²) >= 11 is 12.8. The van der Waals surface area contributed by atoms with Crippen molar-refractivity contribution in [2.24, 2.45) is 5.73 Å². The van der Waals surface area contributed by atoms with Crippen LogP contribution in [0.4, 0.5) is 5.69 Å². The third kappa shape index (κ3) is 3.94. The summed E-state index contributed by atoms with van der Waals surface area (Å²) in [6.45, 7) is 1.82. The Kier molecular flexibility index (Phi) is 6.13. The summed E-state index contributed by atoms with van der Waals surface area (Å²) in [6.07, 6.45) is 0.378. The first-order valence-corrected chi connectivity index (χ1v) is 9.53. The first kappa shape index (κ1) is 20.5. The number of fused-ring (bicyclic) bond motifs is 1. The van der Waals surface area contributed by atoms with E-state index in [0.717, 1.165) is 16.7 Å². The van der Waals surface area contributed by atoms with Crippen molar-refractivity contribution in [1.82, 2.24) is 5.43 Å². The van der Waals surface area contributed by atoms with Crippen LogP contribution in [0.1, 0.15) is 36.0 Å². The van der Waals surface area contributed by atoms with Gasteiger partial charge in [-0.25, -0.2) is 4.79 Å². The van der Waals surface area contributed by atoms with Crippen LogP contribution in [0.5, 0.6) is 0 Å². The van der Waals surface area contributed by atoms with Gasteiger partial charge in [0.25, 0.3) is 0 Å². The zero-order valence-corrected chi connectivity index (χ0v) is 17.1. The van der Waals surface area contributed by atoms with Crippen LogP contribution in [-0.4, -0.2) is 25.0 Å². The van der Waals surface area contributed by atoms with Gasteiger partial charge in [0, 0.05) is 35.0 Å². The lowest BCUT2D eigenvalue weighted by Gasteiger charge is -2.41. The molecule has 0 aliphatic carbocycles. The largest absolute Gasteiger partial charge is 0.467 e. The van der Waals surface area contributed by atoms with E-state index in [0.29, 0.717) is 28.7 Å². The molecule has 8 heteroatoms. The highest BCUT2D eigenvalue weighted by Crippen LogP contribution is 2.46. The van der Waals surface area contributed by atoms with Gasteiger partial charge in [0.2, 0.25) is 5.91 Å². The topological polar surface area (TPSA) is 84.7 Å². The molecule has 6 nitrogen and oxygen atoms in total. The molecule has 2 aromatic rings. The Hall–Kier alpha value is -2.28. The predicted molar refractivity (Wildman–Crippen MR) is 109 cm³/mol. The normalized spacial score (nSPS) is 18.4. The molecule has 1 aliphatic rings. The van der Waals surface area contributed by atoms with Crippen LogP contribution in [0.3, 0.4) is 0 Å². The Morgan fingerprint density at radius 2 is 1.93 bits per heavy atom. The highest BCUT2D eigenvalue weighted by Gasteiger charge is 2.40. The fourth-order valence-electron chi connectivity index (χ4n) is 3.56. The second-order valence-electron chi connectivity index (χ2n) is 6.63. The van der Waals surface area contributed by atoms with Crippen LogP contribution in [0.25, 0.3) is 0 Å². The number of nitrogens with one attached hydrogen (secondary N) is 1. The van der Waals surface area contributed by atoms with Crippen LogP contribution in [0.15, 0.2) is 36.4 Å². The van der Waals surface area contributed by atoms with Gasteiger partial charge in [0.1, 0.15) is 6.04 Å². The van der Waals surface area contributed by atoms with Gasteiger partial charge in [-0.3, -0.25) is 15.2 Å². The van der Waals surface area contributed by atoms with Crippen LogP contribution in [0.2, 0.25) is 10.0 Å². The van der Waals surface area contributed by atoms with Gasteiger partial charge in [0.05, 0.1) is 12.8 Å². The SMILES string of the molecule is COC(=O)[C@H]1C[C@H](c2ccc(CN)cc2)c2c(Cl)cc(Cl)cc2N1NC(C)=O. The molecule has 1 heterocycles. The maximum atomic E-state index is 12.5. The molecule has 0 aromatic heterocycles. The van der Waals surface area contributed by atoms with Crippen LogP contribution >= 0.6 is 23.2 Å². The van der Waals surface area contributed by atoms with Gasteiger partial charge < -0.3 is 10.5 Å². The van der Waals surface area contributed by atoms with E-state index < -0.39 is 12.0 Å². The lowest BCUT2D eigenvalue weighted by atomic mass is 9.81. The Balaban J connectivity index is 2.18. The van der Waals surface area contributed by atoms with Crippen molar-refractivity contribution in [3.63, 3.8) is 0 Å². The minimum atomic E-state index is -0.727. The molecule has 0 spiro atoms. The lowest BCUT2D eigenvalue weighted by molar-refractivity contribution is -0.142. The number of carbonyl (C=O) groups is 2. The molecule has 0 saturated heterocycles. The fourth-order valence-corrected chi connectivity index (χ4v) is 4.18. The Morgan fingerprint density at radius 3 is 2.50 bits per heavy atom. The molecule has 0 saturated carbocycles. The molecule has 3 rings (SSSR count). The van der Waals surface area contributed by atoms with E-state index in [1.54, 1.807) is 12.1 Å². The van der Waals surface area contributed by atoms with E-state index in [1.807, 2.05) is 24.3 Å². The maximum absolute atomic E-state index is 12.5. The summed E-state index contributed by atoms with van der Waals surface area (Å²) in [5.74, 6) is -0.957. The summed E-state index contributed by atoms with van der Waals surface area (Å²) in [4.78, 5) is 24.3. The molecule has 148 valence electrons. The number of hydrogen-bond acceptors (Lipinski definition) is 5. The first-order chi connectivity index (χ1) is 13.3. The number of anilines is 1. The number of carbonyl (C=O) groups excluding carboxylic acids is 2. The van der Waals surface area contributed by atoms with Gasteiger partial charge >= 0.3 is 5.97 Å². The van der Waals surface area contributed by atoms with E-state index in [-0.39, 0.29) is 11.8 Å². The fraction of sp³-hybridized carbons (Fsp3) is 0.300. The lowest BCUT2D eigenvalue weighted by Crippen LogP contribution is -2.55. The zero-order chi connectivity index (χ0) is 20.4. The second kappa shape index (κ2) is 8.39.